The van der Waals surface area contributed by atoms with Crippen molar-refractivity contribution >= 4 is 27.7 Å². The summed E-state index contributed by atoms with van der Waals surface area (Å²) in [5.41, 5.74) is 0.407. The average Bonchev–Trinajstić information content (AvgIpc) is 2.95. The fourth-order valence-corrected chi connectivity index (χ4v) is 3.63. The minimum Gasteiger partial charge on any atom is -0.481 e. The zero-order valence-corrected chi connectivity index (χ0v) is 12.5. The van der Waals surface area contributed by atoms with Gasteiger partial charge in [-0.05, 0) is 18.6 Å². The molecule has 1 N–H and O–H groups in total. The van der Waals surface area contributed by atoms with Crippen LogP contribution in [0.3, 0.4) is 0 Å². The summed E-state index contributed by atoms with van der Waals surface area (Å²) in [5.74, 6) is -1.44. The van der Waals surface area contributed by atoms with Gasteiger partial charge in [0.2, 0.25) is 0 Å². The lowest BCUT2D eigenvalue weighted by molar-refractivity contribution is -0.141. The van der Waals surface area contributed by atoms with E-state index in [1.165, 1.54) is 17.1 Å². The van der Waals surface area contributed by atoms with Crippen molar-refractivity contribution < 1.29 is 23.1 Å². The third kappa shape index (κ3) is 2.76. The van der Waals surface area contributed by atoms with Gasteiger partial charge in [-0.3, -0.25) is 9.59 Å². The third-order valence-electron chi connectivity index (χ3n) is 3.90. The van der Waals surface area contributed by atoms with Gasteiger partial charge >= 0.3 is 5.97 Å². The first-order chi connectivity index (χ1) is 10.4. The van der Waals surface area contributed by atoms with E-state index in [-0.39, 0.29) is 24.7 Å². The summed E-state index contributed by atoms with van der Waals surface area (Å²) in [6, 6.07) is 0. The van der Waals surface area contributed by atoms with Crippen LogP contribution in [0.2, 0.25) is 0 Å². The molecule has 3 aliphatic rings. The van der Waals surface area contributed by atoms with Crippen LogP contribution in [0.4, 0.5) is 0 Å². The van der Waals surface area contributed by atoms with Crippen molar-refractivity contribution in [1.82, 2.24) is 9.80 Å². The predicted octanol–water partition coefficient (Wildman–Crippen LogP) is -0.583. The van der Waals surface area contributed by atoms with Crippen LogP contribution < -0.4 is 0 Å². The lowest BCUT2D eigenvalue weighted by atomic mass is 10.1. The number of carboxylic acid groups (broad SMARTS) is 1. The Labute approximate surface area is 127 Å². The minimum absolute atomic E-state index is 0.0902. The Morgan fingerprint density at radius 1 is 1.27 bits per heavy atom. The first kappa shape index (κ1) is 14.8. The molecular weight excluding hydrogens is 310 g/mol. The van der Waals surface area contributed by atoms with Gasteiger partial charge in [0.1, 0.15) is 5.84 Å². The first-order valence-corrected chi connectivity index (χ1v) is 8.48. The van der Waals surface area contributed by atoms with Gasteiger partial charge in [0.15, 0.2) is 0 Å². The monoisotopic (exact) mass is 325 g/mol. The van der Waals surface area contributed by atoms with Crippen molar-refractivity contribution in [2.45, 2.75) is 6.42 Å². The van der Waals surface area contributed by atoms with Gasteiger partial charge in [0.25, 0.3) is 15.9 Å². The summed E-state index contributed by atoms with van der Waals surface area (Å²) in [6.07, 6.45) is 5.04. The summed E-state index contributed by atoms with van der Waals surface area (Å²) < 4.78 is 26.5. The molecule has 8 nitrogen and oxygen atoms in total. The SMILES string of the molecule is O=C(O)C1CCN(C(=O)C2=CN3CCS(=O)(=O)N=C3C=C2)C1. The van der Waals surface area contributed by atoms with E-state index in [2.05, 4.69) is 4.40 Å². The highest BCUT2D eigenvalue weighted by molar-refractivity contribution is 7.90. The van der Waals surface area contributed by atoms with Gasteiger partial charge in [-0.1, -0.05) is 0 Å². The molecule has 0 aliphatic carbocycles. The second-order valence-corrected chi connectivity index (χ2v) is 7.18. The number of nitrogens with zero attached hydrogens (tertiary/aromatic N) is 3. The van der Waals surface area contributed by atoms with E-state index in [0.717, 1.165) is 0 Å². The quantitative estimate of drug-likeness (QED) is 0.727. The molecule has 0 spiro atoms. The number of sulfonamides is 1. The molecule has 1 atom stereocenters. The summed E-state index contributed by atoms with van der Waals surface area (Å²) >= 11 is 0. The van der Waals surface area contributed by atoms with Crippen molar-refractivity contribution in [2.24, 2.45) is 10.3 Å². The van der Waals surface area contributed by atoms with Gasteiger partial charge in [0.05, 0.1) is 17.2 Å². The van der Waals surface area contributed by atoms with Gasteiger partial charge in [-0.2, -0.15) is 0 Å². The fourth-order valence-electron chi connectivity index (χ4n) is 2.66. The van der Waals surface area contributed by atoms with Crippen molar-refractivity contribution in [1.29, 1.82) is 0 Å². The van der Waals surface area contributed by atoms with Crippen LogP contribution in [-0.2, 0) is 19.6 Å². The zero-order valence-electron chi connectivity index (χ0n) is 11.7. The third-order valence-corrected chi connectivity index (χ3v) is 5.06. The van der Waals surface area contributed by atoms with Crippen LogP contribution in [0, 0.1) is 5.92 Å². The normalized spacial score (nSPS) is 26.3. The highest BCUT2D eigenvalue weighted by atomic mass is 32.2. The predicted molar refractivity (Wildman–Crippen MR) is 77.5 cm³/mol. The molecule has 1 amide bonds. The maximum atomic E-state index is 12.4. The molecule has 9 heteroatoms. The van der Waals surface area contributed by atoms with Crippen molar-refractivity contribution in [3.63, 3.8) is 0 Å². The lowest BCUT2D eigenvalue weighted by Gasteiger charge is -2.28. The Morgan fingerprint density at radius 2 is 2.05 bits per heavy atom. The number of hydrogen-bond donors (Lipinski definition) is 1. The Balaban J connectivity index is 1.75. The minimum atomic E-state index is -3.42. The van der Waals surface area contributed by atoms with Crippen LogP contribution in [0.25, 0.3) is 0 Å². The summed E-state index contributed by atoms with van der Waals surface area (Å²) in [7, 11) is -3.42. The number of aliphatic carboxylic acids is 1. The molecule has 0 aromatic heterocycles. The van der Waals surface area contributed by atoms with E-state index >= 15 is 0 Å². The second kappa shape index (κ2) is 5.24. The summed E-state index contributed by atoms with van der Waals surface area (Å²) in [6.45, 7) is 0.866. The number of carbonyl (C=O) groups is 2. The zero-order chi connectivity index (χ0) is 15.9. The molecule has 1 unspecified atom stereocenters. The summed E-state index contributed by atoms with van der Waals surface area (Å²) in [4.78, 5) is 26.5. The van der Waals surface area contributed by atoms with E-state index in [0.29, 0.717) is 24.4 Å². The maximum absolute atomic E-state index is 12.4. The highest BCUT2D eigenvalue weighted by Gasteiger charge is 2.33. The van der Waals surface area contributed by atoms with E-state index in [1.54, 1.807) is 11.1 Å². The molecule has 118 valence electrons. The number of amidine groups is 1. The lowest BCUT2D eigenvalue weighted by Crippen LogP contribution is -2.38. The van der Waals surface area contributed by atoms with E-state index < -0.39 is 21.9 Å². The Bertz CT molecular complexity index is 722. The number of carboxylic acids is 1. The smallest absolute Gasteiger partial charge is 0.308 e. The van der Waals surface area contributed by atoms with Crippen LogP contribution in [0.15, 0.2) is 28.3 Å². The molecule has 0 aromatic rings. The molecule has 3 heterocycles. The van der Waals surface area contributed by atoms with E-state index in [9.17, 15) is 18.0 Å². The molecule has 0 bridgehead atoms. The van der Waals surface area contributed by atoms with E-state index in [1.807, 2.05) is 0 Å². The maximum Gasteiger partial charge on any atom is 0.308 e. The number of fused-ring (bicyclic) bond motifs is 1. The van der Waals surface area contributed by atoms with Crippen molar-refractivity contribution in [2.75, 3.05) is 25.4 Å². The first-order valence-electron chi connectivity index (χ1n) is 6.87. The average molecular weight is 325 g/mol. The fraction of sp³-hybridized carbons (Fsp3) is 0.462. The molecule has 3 aliphatic heterocycles. The molecule has 3 rings (SSSR count). The highest BCUT2D eigenvalue weighted by Crippen LogP contribution is 2.22. The van der Waals surface area contributed by atoms with Gasteiger partial charge in [-0.25, -0.2) is 8.42 Å². The van der Waals surface area contributed by atoms with Crippen LogP contribution in [0.1, 0.15) is 6.42 Å². The van der Waals surface area contributed by atoms with E-state index in [4.69, 9.17) is 5.11 Å². The molecule has 0 aromatic carbocycles. The molecule has 1 fully saturated rings. The Morgan fingerprint density at radius 3 is 2.73 bits per heavy atom. The number of likely N-dealkylation sites (tertiary alicyclic amines) is 1. The van der Waals surface area contributed by atoms with Crippen molar-refractivity contribution in [3.05, 3.63) is 23.9 Å². The Kier molecular flexibility index (Phi) is 3.51. The molecule has 0 saturated carbocycles. The number of amides is 1. The summed E-state index contributed by atoms with van der Waals surface area (Å²) in [5, 5.41) is 8.98. The molecule has 22 heavy (non-hydrogen) atoms. The van der Waals surface area contributed by atoms with Gasteiger partial charge < -0.3 is 14.9 Å². The number of hydrogen-bond acceptors (Lipinski definition) is 5. The number of carbonyl (C=O) groups excluding carboxylic acids is 1. The van der Waals surface area contributed by atoms with Crippen LogP contribution in [0.5, 0.6) is 0 Å². The number of rotatable bonds is 2. The largest absolute Gasteiger partial charge is 0.481 e. The van der Waals surface area contributed by atoms with Crippen molar-refractivity contribution in [3.8, 4) is 0 Å². The standard InChI is InChI=1S/C13H15N3O5S/c17-12(16-4-3-10(8-16)13(18)19)9-1-2-11-14-22(20,21)6-5-15(11)7-9/h1-2,7,10H,3-6,8H2,(H,18,19). The van der Waals surface area contributed by atoms with Gasteiger partial charge in [0, 0.05) is 25.8 Å². The topological polar surface area (TPSA) is 107 Å². The molecule has 0 radical (unpaired) electrons. The second-order valence-electron chi connectivity index (χ2n) is 5.42. The van der Waals surface area contributed by atoms with Crippen LogP contribution in [-0.4, -0.2) is 66.4 Å². The molecule has 1 saturated heterocycles. The molecular formula is C13H15N3O5S. The van der Waals surface area contributed by atoms with Gasteiger partial charge in [-0.15, -0.1) is 4.40 Å². The van der Waals surface area contributed by atoms with Crippen LogP contribution >= 0.6 is 0 Å². The Hall–Kier alpha value is -2.16.